The average Bonchev–Trinajstić information content (AvgIpc) is 2.65. The molecule has 1 aromatic heterocycles. The molecule has 2 aromatic rings. The predicted molar refractivity (Wildman–Crippen MR) is 54.2 cm³/mol. The lowest BCUT2D eigenvalue weighted by Gasteiger charge is -2.06. The lowest BCUT2D eigenvalue weighted by molar-refractivity contribution is 0.281. The van der Waals surface area contributed by atoms with Crippen LogP contribution in [0.3, 0.4) is 0 Å². The van der Waals surface area contributed by atoms with Gasteiger partial charge in [0.15, 0.2) is 0 Å². The first-order chi connectivity index (χ1) is 6.81. The Kier molecular flexibility index (Phi) is 2.33. The summed E-state index contributed by atoms with van der Waals surface area (Å²) in [6, 6.07) is 9.62. The number of aryl methyl sites for hydroxylation is 1. The van der Waals surface area contributed by atoms with Gasteiger partial charge in [-0.3, -0.25) is 0 Å². The number of rotatable bonds is 2. The molecule has 3 heteroatoms. The van der Waals surface area contributed by atoms with Gasteiger partial charge in [-0.05, 0) is 19.1 Å². The van der Waals surface area contributed by atoms with Crippen LogP contribution in [0.25, 0.3) is 5.69 Å². The van der Waals surface area contributed by atoms with E-state index in [9.17, 15) is 0 Å². The average molecular weight is 188 g/mol. The van der Waals surface area contributed by atoms with E-state index in [4.69, 9.17) is 5.11 Å². The molecule has 0 radical (unpaired) electrons. The maximum Gasteiger partial charge on any atom is 0.0702 e. The van der Waals surface area contributed by atoms with Crippen molar-refractivity contribution in [2.45, 2.75) is 13.5 Å². The normalized spacial score (nSPS) is 10.4. The zero-order valence-corrected chi connectivity index (χ0v) is 8.01. The van der Waals surface area contributed by atoms with Gasteiger partial charge >= 0.3 is 0 Å². The Balaban J connectivity index is 2.50. The van der Waals surface area contributed by atoms with Crippen molar-refractivity contribution in [3.63, 3.8) is 0 Å². The quantitative estimate of drug-likeness (QED) is 0.778. The van der Waals surface area contributed by atoms with Crippen LogP contribution in [0.4, 0.5) is 0 Å². The number of hydrogen-bond donors (Lipinski definition) is 1. The number of hydrogen-bond acceptors (Lipinski definition) is 2. The van der Waals surface area contributed by atoms with Crippen molar-refractivity contribution >= 4 is 0 Å². The van der Waals surface area contributed by atoms with Crippen molar-refractivity contribution in [2.24, 2.45) is 0 Å². The molecule has 0 spiro atoms. The molecule has 0 fully saturated rings. The van der Waals surface area contributed by atoms with Crippen LogP contribution in [-0.4, -0.2) is 14.9 Å². The zero-order chi connectivity index (χ0) is 9.97. The minimum Gasteiger partial charge on any atom is -0.392 e. The molecule has 0 aliphatic rings. The van der Waals surface area contributed by atoms with Crippen LogP contribution in [0.2, 0.25) is 0 Å². The molecule has 2 rings (SSSR count). The Labute approximate surface area is 82.6 Å². The molecule has 1 aromatic carbocycles. The number of benzene rings is 1. The summed E-state index contributed by atoms with van der Waals surface area (Å²) < 4.78 is 1.78. The summed E-state index contributed by atoms with van der Waals surface area (Å²) in [5, 5.41) is 13.4. The van der Waals surface area contributed by atoms with Gasteiger partial charge in [-0.2, -0.15) is 5.10 Å². The van der Waals surface area contributed by atoms with E-state index in [0.29, 0.717) is 0 Å². The minimum absolute atomic E-state index is 0.0368. The van der Waals surface area contributed by atoms with E-state index >= 15 is 0 Å². The lowest BCUT2D eigenvalue weighted by atomic mass is 10.2. The second-order valence-corrected chi connectivity index (χ2v) is 3.19. The van der Waals surface area contributed by atoms with Gasteiger partial charge in [0.25, 0.3) is 0 Å². The highest BCUT2D eigenvalue weighted by Crippen LogP contribution is 2.13. The van der Waals surface area contributed by atoms with Crippen molar-refractivity contribution in [1.82, 2.24) is 9.78 Å². The molecular formula is C11H12N2O. The summed E-state index contributed by atoms with van der Waals surface area (Å²) in [5.41, 5.74) is 2.79. The van der Waals surface area contributed by atoms with Gasteiger partial charge in [-0.25, -0.2) is 4.68 Å². The van der Waals surface area contributed by atoms with E-state index in [0.717, 1.165) is 16.9 Å². The third-order valence-corrected chi connectivity index (χ3v) is 2.13. The summed E-state index contributed by atoms with van der Waals surface area (Å²) >= 11 is 0. The summed E-state index contributed by atoms with van der Waals surface area (Å²) in [5.74, 6) is 0. The van der Waals surface area contributed by atoms with E-state index in [1.807, 2.05) is 43.5 Å². The van der Waals surface area contributed by atoms with Crippen molar-refractivity contribution in [3.8, 4) is 5.69 Å². The maximum absolute atomic E-state index is 9.15. The molecule has 3 nitrogen and oxygen atoms in total. The SMILES string of the molecule is Cc1ccn(-c2ccccc2CO)n1. The first kappa shape index (κ1) is 8.97. The largest absolute Gasteiger partial charge is 0.392 e. The summed E-state index contributed by atoms with van der Waals surface area (Å²) in [6.07, 6.45) is 1.89. The second kappa shape index (κ2) is 3.64. The number of aliphatic hydroxyl groups is 1. The summed E-state index contributed by atoms with van der Waals surface area (Å²) in [7, 11) is 0. The van der Waals surface area contributed by atoms with Gasteiger partial charge in [0.05, 0.1) is 18.0 Å². The van der Waals surface area contributed by atoms with Gasteiger partial charge in [-0.15, -0.1) is 0 Å². The minimum atomic E-state index is 0.0368. The van der Waals surface area contributed by atoms with E-state index in [1.165, 1.54) is 0 Å². The van der Waals surface area contributed by atoms with Crippen LogP contribution in [0.1, 0.15) is 11.3 Å². The third-order valence-electron chi connectivity index (χ3n) is 2.13. The highest BCUT2D eigenvalue weighted by Gasteiger charge is 2.02. The molecule has 1 heterocycles. The van der Waals surface area contributed by atoms with Crippen molar-refractivity contribution in [2.75, 3.05) is 0 Å². The van der Waals surface area contributed by atoms with E-state index in [2.05, 4.69) is 5.10 Å². The van der Waals surface area contributed by atoms with Gasteiger partial charge in [-0.1, -0.05) is 18.2 Å². The first-order valence-corrected chi connectivity index (χ1v) is 4.52. The Morgan fingerprint density at radius 2 is 2.07 bits per heavy atom. The number of aliphatic hydroxyl groups excluding tert-OH is 1. The Morgan fingerprint density at radius 1 is 1.29 bits per heavy atom. The van der Waals surface area contributed by atoms with Crippen LogP contribution in [-0.2, 0) is 6.61 Å². The van der Waals surface area contributed by atoms with E-state index < -0.39 is 0 Å². The molecule has 0 atom stereocenters. The Bertz CT molecular complexity index is 434. The fraction of sp³-hybridized carbons (Fsp3) is 0.182. The van der Waals surface area contributed by atoms with Crippen molar-refractivity contribution < 1.29 is 5.11 Å². The van der Waals surface area contributed by atoms with E-state index in [-0.39, 0.29) is 6.61 Å². The highest BCUT2D eigenvalue weighted by molar-refractivity contribution is 5.39. The molecule has 0 saturated heterocycles. The topological polar surface area (TPSA) is 38.0 Å². The van der Waals surface area contributed by atoms with Crippen LogP contribution in [0.15, 0.2) is 36.5 Å². The molecule has 0 unspecified atom stereocenters. The van der Waals surface area contributed by atoms with Gasteiger partial charge in [0.1, 0.15) is 0 Å². The fourth-order valence-electron chi connectivity index (χ4n) is 1.42. The number of nitrogens with zero attached hydrogens (tertiary/aromatic N) is 2. The monoisotopic (exact) mass is 188 g/mol. The molecule has 14 heavy (non-hydrogen) atoms. The van der Waals surface area contributed by atoms with Gasteiger partial charge in [0, 0.05) is 11.8 Å². The van der Waals surface area contributed by atoms with Gasteiger partial charge in [0.2, 0.25) is 0 Å². The molecule has 0 saturated carbocycles. The molecular weight excluding hydrogens is 176 g/mol. The first-order valence-electron chi connectivity index (χ1n) is 4.52. The Morgan fingerprint density at radius 3 is 2.71 bits per heavy atom. The number of para-hydroxylation sites is 1. The van der Waals surface area contributed by atoms with Gasteiger partial charge < -0.3 is 5.11 Å². The molecule has 0 bridgehead atoms. The van der Waals surface area contributed by atoms with Crippen LogP contribution >= 0.6 is 0 Å². The summed E-state index contributed by atoms with van der Waals surface area (Å²) in [6.45, 7) is 1.98. The highest BCUT2D eigenvalue weighted by atomic mass is 16.3. The van der Waals surface area contributed by atoms with Crippen LogP contribution in [0.5, 0.6) is 0 Å². The predicted octanol–water partition coefficient (Wildman–Crippen LogP) is 1.67. The molecule has 0 aliphatic carbocycles. The molecule has 72 valence electrons. The van der Waals surface area contributed by atoms with Crippen LogP contribution in [0, 0.1) is 6.92 Å². The Hall–Kier alpha value is -1.61. The molecule has 1 N–H and O–H groups in total. The van der Waals surface area contributed by atoms with E-state index in [1.54, 1.807) is 4.68 Å². The second-order valence-electron chi connectivity index (χ2n) is 3.19. The molecule has 0 amide bonds. The van der Waals surface area contributed by atoms with Crippen molar-refractivity contribution in [1.29, 1.82) is 0 Å². The lowest BCUT2D eigenvalue weighted by Crippen LogP contribution is -2.00. The fourth-order valence-corrected chi connectivity index (χ4v) is 1.42. The third kappa shape index (κ3) is 1.54. The standard InChI is InChI=1S/C11H12N2O/c1-9-6-7-13(12-9)11-5-3-2-4-10(11)8-14/h2-7,14H,8H2,1H3. The van der Waals surface area contributed by atoms with Crippen molar-refractivity contribution in [3.05, 3.63) is 47.8 Å². The summed E-state index contributed by atoms with van der Waals surface area (Å²) in [4.78, 5) is 0. The molecule has 0 aliphatic heterocycles. The zero-order valence-electron chi connectivity index (χ0n) is 8.01. The maximum atomic E-state index is 9.15. The smallest absolute Gasteiger partial charge is 0.0702 e. The number of aromatic nitrogens is 2. The van der Waals surface area contributed by atoms with Crippen LogP contribution < -0.4 is 0 Å².